The van der Waals surface area contributed by atoms with E-state index in [9.17, 15) is 0 Å². The Hall–Kier alpha value is -0.720. The normalized spacial score (nSPS) is 12.8. The van der Waals surface area contributed by atoms with Crippen molar-refractivity contribution in [1.29, 1.82) is 0 Å². The van der Waals surface area contributed by atoms with Crippen LogP contribution in [-0.4, -0.2) is 35.7 Å². The van der Waals surface area contributed by atoms with Gasteiger partial charge in [-0.15, -0.1) is 0 Å². The minimum absolute atomic E-state index is 0.225. The van der Waals surface area contributed by atoms with Gasteiger partial charge >= 0.3 is 0 Å². The number of ether oxygens (including phenoxy) is 1. The molecule has 6 heteroatoms. The Balaban J connectivity index is 2.37. The lowest BCUT2D eigenvalue weighted by atomic mass is 10.2. The zero-order valence-electron chi connectivity index (χ0n) is 7.56. The molecule has 5 nitrogen and oxygen atoms in total. The van der Waals surface area contributed by atoms with Crippen molar-refractivity contribution in [3.05, 3.63) is 6.33 Å². The van der Waals surface area contributed by atoms with Gasteiger partial charge in [0.2, 0.25) is 5.13 Å². The maximum Gasteiger partial charge on any atom is 0.202 e. The fourth-order valence-electron chi connectivity index (χ4n) is 1.01. The second-order valence-corrected chi connectivity index (χ2v) is 3.40. The highest BCUT2D eigenvalue weighted by Crippen LogP contribution is 2.09. The monoisotopic (exact) mass is 202 g/mol. The molecule has 13 heavy (non-hydrogen) atoms. The molecule has 0 radical (unpaired) electrons. The summed E-state index contributed by atoms with van der Waals surface area (Å²) in [7, 11) is 1.67. The molecule has 1 rings (SSSR count). The highest BCUT2D eigenvalue weighted by Gasteiger charge is 2.08. The molecule has 1 aromatic rings. The molecule has 0 bridgehead atoms. The zero-order chi connectivity index (χ0) is 9.52. The predicted molar refractivity (Wildman–Crippen MR) is 52.9 cm³/mol. The Kier molecular flexibility index (Phi) is 4.66. The van der Waals surface area contributed by atoms with Crippen LogP contribution in [0.5, 0.6) is 0 Å². The van der Waals surface area contributed by atoms with Crippen molar-refractivity contribution in [2.75, 3.05) is 25.6 Å². The van der Waals surface area contributed by atoms with Gasteiger partial charge in [0, 0.05) is 18.6 Å². The Labute approximate surface area is 81.5 Å². The first-order valence-corrected chi connectivity index (χ1v) is 4.86. The third-order valence-electron chi connectivity index (χ3n) is 1.57. The average Bonchev–Trinajstić information content (AvgIpc) is 2.58. The molecule has 0 saturated carbocycles. The van der Waals surface area contributed by atoms with Crippen LogP contribution in [0, 0.1) is 0 Å². The van der Waals surface area contributed by atoms with Gasteiger partial charge in [0.25, 0.3) is 0 Å². The molecule has 1 heterocycles. The molecule has 0 aliphatic heterocycles. The summed E-state index contributed by atoms with van der Waals surface area (Å²) >= 11 is 1.33. The van der Waals surface area contributed by atoms with Gasteiger partial charge in [0.05, 0.1) is 12.6 Å². The number of aromatic nitrogens is 2. The van der Waals surface area contributed by atoms with E-state index < -0.39 is 0 Å². The lowest BCUT2D eigenvalue weighted by molar-refractivity contribution is 0.183. The Morgan fingerprint density at radius 3 is 3.15 bits per heavy atom. The average molecular weight is 202 g/mol. The number of nitrogens with one attached hydrogen (secondary N) is 1. The summed E-state index contributed by atoms with van der Waals surface area (Å²) in [4.78, 5) is 4.02. The molecule has 1 unspecified atom stereocenters. The van der Waals surface area contributed by atoms with E-state index in [0.29, 0.717) is 13.2 Å². The number of hydrogen-bond donors (Lipinski definition) is 2. The minimum atomic E-state index is 0.225. The zero-order valence-corrected chi connectivity index (χ0v) is 8.38. The van der Waals surface area contributed by atoms with Gasteiger partial charge in [0.1, 0.15) is 6.33 Å². The number of anilines is 1. The number of methoxy groups -OCH3 is 1. The smallest absolute Gasteiger partial charge is 0.202 e. The van der Waals surface area contributed by atoms with Crippen LogP contribution in [-0.2, 0) is 4.74 Å². The molecular weight excluding hydrogens is 188 g/mol. The fraction of sp³-hybridized carbons (Fsp3) is 0.714. The number of nitrogens with zero attached hydrogens (tertiary/aromatic N) is 2. The van der Waals surface area contributed by atoms with Crippen LogP contribution in [0.4, 0.5) is 5.13 Å². The molecule has 0 amide bonds. The SMILES string of the molecule is COCC(CCN)Nc1ncns1. The molecule has 0 saturated heterocycles. The Morgan fingerprint density at radius 2 is 2.62 bits per heavy atom. The van der Waals surface area contributed by atoms with Crippen LogP contribution in [0.3, 0.4) is 0 Å². The van der Waals surface area contributed by atoms with E-state index in [4.69, 9.17) is 10.5 Å². The van der Waals surface area contributed by atoms with Crippen LogP contribution < -0.4 is 11.1 Å². The maximum atomic E-state index is 5.46. The number of nitrogens with two attached hydrogens (primary N) is 1. The summed E-state index contributed by atoms with van der Waals surface area (Å²) in [5, 5.41) is 4.02. The topological polar surface area (TPSA) is 73.1 Å². The van der Waals surface area contributed by atoms with Crippen molar-refractivity contribution < 1.29 is 4.74 Å². The van der Waals surface area contributed by atoms with E-state index in [-0.39, 0.29) is 6.04 Å². The summed E-state index contributed by atoms with van der Waals surface area (Å²) in [6, 6.07) is 0.225. The molecule has 0 spiro atoms. The summed E-state index contributed by atoms with van der Waals surface area (Å²) in [5.41, 5.74) is 5.46. The van der Waals surface area contributed by atoms with Gasteiger partial charge in [-0.05, 0) is 13.0 Å². The first-order chi connectivity index (χ1) is 6.36. The summed E-state index contributed by atoms with van der Waals surface area (Å²) in [6.07, 6.45) is 2.40. The molecule has 0 aliphatic rings. The van der Waals surface area contributed by atoms with Crippen LogP contribution in [0.1, 0.15) is 6.42 Å². The lowest BCUT2D eigenvalue weighted by Crippen LogP contribution is -2.27. The second-order valence-electron chi connectivity index (χ2n) is 2.62. The van der Waals surface area contributed by atoms with Gasteiger partial charge in [0.15, 0.2) is 0 Å². The van der Waals surface area contributed by atoms with E-state index in [1.165, 1.54) is 17.9 Å². The van der Waals surface area contributed by atoms with Crippen molar-refractivity contribution in [2.45, 2.75) is 12.5 Å². The fourth-order valence-corrected chi connectivity index (χ4v) is 1.52. The van der Waals surface area contributed by atoms with E-state index >= 15 is 0 Å². The van der Waals surface area contributed by atoms with Crippen LogP contribution in [0.15, 0.2) is 6.33 Å². The van der Waals surface area contributed by atoms with Crippen molar-refractivity contribution in [3.8, 4) is 0 Å². The second kappa shape index (κ2) is 5.85. The molecule has 0 aliphatic carbocycles. The standard InChI is InChI=1S/C7H14N4OS/c1-12-4-6(2-3-8)11-7-9-5-10-13-7/h5-6H,2-4,8H2,1H3,(H,9,10,11). The predicted octanol–water partition coefficient (Wildman–Crippen LogP) is 0.314. The van der Waals surface area contributed by atoms with Crippen LogP contribution in [0.25, 0.3) is 0 Å². The highest BCUT2D eigenvalue weighted by atomic mass is 32.1. The van der Waals surface area contributed by atoms with Crippen molar-refractivity contribution in [2.24, 2.45) is 5.73 Å². The number of hydrogen-bond acceptors (Lipinski definition) is 6. The lowest BCUT2D eigenvalue weighted by Gasteiger charge is -2.15. The molecule has 0 fully saturated rings. The summed E-state index contributed by atoms with van der Waals surface area (Å²) in [5.74, 6) is 0. The molecule has 1 atom stereocenters. The van der Waals surface area contributed by atoms with Gasteiger partial charge < -0.3 is 15.8 Å². The first kappa shape index (κ1) is 10.4. The van der Waals surface area contributed by atoms with Crippen molar-refractivity contribution >= 4 is 16.7 Å². The van der Waals surface area contributed by atoms with Gasteiger partial charge in [-0.2, -0.15) is 4.37 Å². The Morgan fingerprint density at radius 1 is 1.77 bits per heavy atom. The van der Waals surface area contributed by atoms with Crippen LogP contribution in [0.2, 0.25) is 0 Å². The third kappa shape index (κ3) is 3.67. The minimum Gasteiger partial charge on any atom is -0.383 e. The molecule has 74 valence electrons. The molecule has 1 aromatic heterocycles. The van der Waals surface area contributed by atoms with Gasteiger partial charge in [-0.3, -0.25) is 0 Å². The molecular formula is C7H14N4OS. The maximum absolute atomic E-state index is 5.46. The quantitative estimate of drug-likeness (QED) is 0.694. The largest absolute Gasteiger partial charge is 0.383 e. The summed E-state index contributed by atoms with van der Waals surface area (Å²) in [6.45, 7) is 1.27. The first-order valence-electron chi connectivity index (χ1n) is 4.09. The van der Waals surface area contributed by atoms with E-state index in [0.717, 1.165) is 11.6 Å². The van der Waals surface area contributed by atoms with E-state index in [1.807, 2.05) is 0 Å². The van der Waals surface area contributed by atoms with Crippen molar-refractivity contribution in [3.63, 3.8) is 0 Å². The third-order valence-corrected chi connectivity index (χ3v) is 2.17. The molecule has 3 N–H and O–H groups in total. The summed E-state index contributed by atoms with van der Waals surface area (Å²) < 4.78 is 8.94. The van der Waals surface area contributed by atoms with Crippen LogP contribution >= 0.6 is 11.5 Å². The van der Waals surface area contributed by atoms with Gasteiger partial charge in [-0.25, -0.2) is 4.98 Å². The molecule has 0 aromatic carbocycles. The van der Waals surface area contributed by atoms with E-state index in [2.05, 4.69) is 14.7 Å². The van der Waals surface area contributed by atoms with Gasteiger partial charge in [-0.1, -0.05) is 0 Å². The van der Waals surface area contributed by atoms with E-state index in [1.54, 1.807) is 7.11 Å². The number of rotatable bonds is 6. The highest BCUT2D eigenvalue weighted by molar-refractivity contribution is 7.09. The Bertz CT molecular complexity index is 210. The van der Waals surface area contributed by atoms with Crippen molar-refractivity contribution in [1.82, 2.24) is 9.36 Å².